The fourth-order valence-electron chi connectivity index (χ4n) is 3.02. The van der Waals surface area contributed by atoms with Gasteiger partial charge in [0.1, 0.15) is 0 Å². The Kier molecular flexibility index (Phi) is 5.46. The van der Waals surface area contributed by atoms with Gasteiger partial charge in [0.15, 0.2) is 0 Å². The number of carboxylic acids is 1. The highest BCUT2D eigenvalue weighted by molar-refractivity contribution is 9.10. The second-order valence-electron chi connectivity index (χ2n) is 5.85. The third kappa shape index (κ3) is 4.23. The lowest BCUT2D eigenvalue weighted by Gasteiger charge is -2.26. The Morgan fingerprint density at radius 1 is 1.45 bits per heavy atom. The van der Waals surface area contributed by atoms with Crippen molar-refractivity contribution in [3.8, 4) is 0 Å². The van der Waals surface area contributed by atoms with Crippen LogP contribution < -0.4 is 5.32 Å². The van der Waals surface area contributed by atoms with Gasteiger partial charge in [0.05, 0.1) is 5.56 Å². The summed E-state index contributed by atoms with van der Waals surface area (Å²) in [6.07, 6.45) is 6.64. The van der Waals surface area contributed by atoms with Crippen molar-refractivity contribution in [2.24, 2.45) is 11.8 Å². The number of carboxylic acid groups (broad SMARTS) is 1. The van der Waals surface area contributed by atoms with E-state index in [-0.39, 0.29) is 0 Å². The molecule has 0 aliphatic heterocycles. The van der Waals surface area contributed by atoms with E-state index in [9.17, 15) is 4.79 Å². The quantitative estimate of drug-likeness (QED) is 0.811. The molecule has 0 radical (unpaired) electrons. The smallest absolute Gasteiger partial charge is 0.335 e. The summed E-state index contributed by atoms with van der Waals surface area (Å²) in [5.41, 5.74) is 1.28. The Morgan fingerprint density at radius 2 is 2.25 bits per heavy atom. The summed E-state index contributed by atoms with van der Waals surface area (Å²) in [5.74, 6) is 0.812. The summed E-state index contributed by atoms with van der Waals surface area (Å²) in [4.78, 5) is 10.9. The van der Waals surface area contributed by atoms with E-state index in [2.05, 4.69) is 28.2 Å². The van der Waals surface area contributed by atoms with Crippen molar-refractivity contribution in [3.63, 3.8) is 0 Å². The van der Waals surface area contributed by atoms with E-state index in [0.29, 0.717) is 5.56 Å². The zero-order valence-corrected chi connectivity index (χ0v) is 13.4. The predicted octanol–water partition coefficient (Wildman–Crippen LogP) is 4.78. The highest BCUT2D eigenvalue weighted by Crippen LogP contribution is 2.31. The zero-order chi connectivity index (χ0) is 14.5. The molecule has 2 rings (SSSR count). The van der Waals surface area contributed by atoms with Gasteiger partial charge in [-0.1, -0.05) is 26.2 Å². The van der Waals surface area contributed by atoms with Crippen LogP contribution in [0.3, 0.4) is 0 Å². The van der Waals surface area contributed by atoms with Crippen LogP contribution in [0.4, 0.5) is 5.69 Å². The second kappa shape index (κ2) is 7.11. The Labute approximate surface area is 128 Å². The van der Waals surface area contributed by atoms with Gasteiger partial charge in [-0.3, -0.25) is 0 Å². The molecule has 1 aromatic carbocycles. The van der Waals surface area contributed by atoms with Gasteiger partial charge in [-0.25, -0.2) is 4.79 Å². The third-order valence-corrected chi connectivity index (χ3v) is 4.79. The van der Waals surface area contributed by atoms with E-state index < -0.39 is 5.97 Å². The minimum Gasteiger partial charge on any atom is -0.478 e. The molecule has 2 unspecified atom stereocenters. The van der Waals surface area contributed by atoms with Crippen molar-refractivity contribution >= 4 is 27.6 Å². The average Bonchev–Trinajstić information content (AvgIpc) is 2.40. The van der Waals surface area contributed by atoms with Crippen LogP contribution in [0.25, 0.3) is 0 Å². The van der Waals surface area contributed by atoms with Crippen molar-refractivity contribution in [1.82, 2.24) is 0 Å². The molecule has 20 heavy (non-hydrogen) atoms. The lowest BCUT2D eigenvalue weighted by Crippen LogP contribution is -2.16. The number of aromatic carboxylic acids is 1. The van der Waals surface area contributed by atoms with Gasteiger partial charge >= 0.3 is 5.97 Å². The van der Waals surface area contributed by atoms with E-state index in [1.165, 1.54) is 32.1 Å². The summed E-state index contributed by atoms with van der Waals surface area (Å²) in [6.45, 7) is 3.29. The molecule has 3 nitrogen and oxygen atoms in total. The molecule has 1 aromatic rings. The average molecular weight is 340 g/mol. The number of rotatable bonds is 5. The van der Waals surface area contributed by atoms with Crippen molar-refractivity contribution < 1.29 is 9.90 Å². The minimum absolute atomic E-state index is 0.309. The van der Waals surface area contributed by atoms with Crippen LogP contribution in [0.1, 0.15) is 49.4 Å². The van der Waals surface area contributed by atoms with E-state index >= 15 is 0 Å². The molecule has 2 atom stereocenters. The molecule has 0 heterocycles. The molecule has 1 fully saturated rings. The van der Waals surface area contributed by atoms with E-state index in [1.807, 2.05) is 6.07 Å². The maximum Gasteiger partial charge on any atom is 0.335 e. The van der Waals surface area contributed by atoms with Gasteiger partial charge in [-0.05, 0) is 58.8 Å². The molecule has 0 saturated heterocycles. The van der Waals surface area contributed by atoms with Crippen molar-refractivity contribution in [3.05, 3.63) is 28.2 Å². The molecule has 0 bridgehead atoms. The molecule has 2 N–H and O–H groups in total. The minimum atomic E-state index is -0.895. The van der Waals surface area contributed by atoms with Crippen molar-refractivity contribution in [1.29, 1.82) is 0 Å². The summed E-state index contributed by atoms with van der Waals surface area (Å²) < 4.78 is 0.814. The lowest BCUT2D eigenvalue weighted by molar-refractivity contribution is 0.0697. The molecular formula is C16H22BrNO2. The summed E-state index contributed by atoms with van der Waals surface area (Å²) in [6, 6.07) is 5.11. The van der Waals surface area contributed by atoms with Crippen molar-refractivity contribution in [2.45, 2.75) is 39.0 Å². The molecule has 0 spiro atoms. The summed E-state index contributed by atoms with van der Waals surface area (Å²) in [7, 11) is 0. The molecule has 1 saturated carbocycles. The Morgan fingerprint density at radius 3 is 2.90 bits per heavy atom. The molecule has 0 amide bonds. The van der Waals surface area contributed by atoms with Crippen LogP contribution in [0.15, 0.2) is 22.7 Å². The Balaban J connectivity index is 1.83. The van der Waals surface area contributed by atoms with Gasteiger partial charge in [0, 0.05) is 16.7 Å². The van der Waals surface area contributed by atoms with Gasteiger partial charge in [0.2, 0.25) is 0 Å². The largest absolute Gasteiger partial charge is 0.478 e. The molecule has 1 aliphatic rings. The number of carbonyl (C=O) groups is 1. The van der Waals surface area contributed by atoms with Crippen LogP contribution >= 0.6 is 15.9 Å². The van der Waals surface area contributed by atoms with Gasteiger partial charge in [-0.15, -0.1) is 0 Å². The van der Waals surface area contributed by atoms with Gasteiger partial charge < -0.3 is 10.4 Å². The van der Waals surface area contributed by atoms with Gasteiger partial charge in [0.25, 0.3) is 0 Å². The molecule has 0 aromatic heterocycles. The Bertz CT molecular complexity index is 476. The number of anilines is 1. The first-order valence-electron chi connectivity index (χ1n) is 7.33. The zero-order valence-electron chi connectivity index (χ0n) is 11.9. The fraction of sp³-hybridized carbons (Fsp3) is 0.562. The highest BCUT2D eigenvalue weighted by Gasteiger charge is 2.18. The molecule has 1 aliphatic carbocycles. The van der Waals surface area contributed by atoms with Crippen LogP contribution in [-0.4, -0.2) is 17.6 Å². The first-order valence-corrected chi connectivity index (χ1v) is 8.12. The van der Waals surface area contributed by atoms with Crippen LogP contribution in [-0.2, 0) is 0 Å². The first-order chi connectivity index (χ1) is 9.56. The summed E-state index contributed by atoms with van der Waals surface area (Å²) in [5, 5.41) is 12.3. The monoisotopic (exact) mass is 339 g/mol. The predicted molar refractivity (Wildman–Crippen MR) is 85.3 cm³/mol. The standard InChI is InChI=1S/C16H22BrNO2/c1-11-3-2-4-12(9-11)7-8-18-15-6-5-13(16(19)20)10-14(15)17/h5-6,10-12,18H,2-4,7-9H2,1H3,(H,19,20). The number of nitrogens with one attached hydrogen (secondary N) is 1. The van der Waals surface area contributed by atoms with Crippen LogP contribution in [0.2, 0.25) is 0 Å². The SMILES string of the molecule is CC1CCCC(CCNc2ccc(C(=O)O)cc2Br)C1. The topological polar surface area (TPSA) is 49.3 Å². The van der Waals surface area contributed by atoms with Crippen molar-refractivity contribution in [2.75, 3.05) is 11.9 Å². The van der Waals surface area contributed by atoms with Crippen LogP contribution in [0, 0.1) is 11.8 Å². The fourth-order valence-corrected chi connectivity index (χ4v) is 3.54. The molecule has 4 heteroatoms. The summed E-state index contributed by atoms with van der Waals surface area (Å²) >= 11 is 3.43. The normalized spacial score (nSPS) is 22.5. The first kappa shape index (κ1) is 15.4. The third-order valence-electron chi connectivity index (χ3n) is 4.13. The maximum atomic E-state index is 10.9. The van der Waals surface area contributed by atoms with E-state index in [1.54, 1.807) is 12.1 Å². The Hall–Kier alpha value is -1.03. The number of hydrogen-bond acceptors (Lipinski definition) is 2. The van der Waals surface area contributed by atoms with E-state index in [4.69, 9.17) is 5.11 Å². The van der Waals surface area contributed by atoms with Gasteiger partial charge in [-0.2, -0.15) is 0 Å². The second-order valence-corrected chi connectivity index (χ2v) is 6.71. The van der Waals surface area contributed by atoms with Crippen LogP contribution in [0.5, 0.6) is 0 Å². The molecule has 110 valence electrons. The number of benzene rings is 1. The molecular weight excluding hydrogens is 318 g/mol. The van der Waals surface area contributed by atoms with E-state index in [0.717, 1.165) is 28.5 Å². The highest BCUT2D eigenvalue weighted by atomic mass is 79.9. The number of halogens is 1. The number of hydrogen-bond donors (Lipinski definition) is 2. The lowest BCUT2D eigenvalue weighted by atomic mass is 9.81. The maximum absolute atomic E-state index is 10.9.